The molecule has 0 bridgehead atoms. The maximum atomic E-state index is 11.5. The third-order valence-electron chi connectivity index (χ3n) is 9.50. The van der Waals surface area contributed by atoms with Gasteiger partial charge in [0.1, 0.15) is 6.10 Å². The Morgan fingerprint density at radius 1 is 1.14 bits per heavy atom. The van der Waals surface area contributed by atoms with Crippen molar-refractivity contribution in [2.75, 3.05) is 0 Å². The van der Waals surface area contributed by atoms with Crippen molar-refractivity contribution in [3.05, 3.63) is 36.2 Å². The predicted molar refractivity (Wildman–Crippen MR) is 115 cm³/mol. The Hall–Kier alpha value is -1.64. The molecule has 7 atom stereocenters. The fourth-order valence-electron chi connectivity index (χ4n) is 8.10. The van der Waals surface area contributed by atoms with Gasteiger partial charge < -0.3 is 4.74 Å². The molecule has 4 aliphatic carbocycles. The van der Waals surface area contributed by atoms with Crippen LogP contribution in [-0.4, -0.2) is 17.1 Å². The Morgan fingerprint density at radius 3 is 2.76 bits per heavy atom. The third-order valence-corrected chi connectivity index (χ3v) is 9.50. The molecule has 3 nitrogen and oxygen atoms in total. The van der Waals surface area contributed by atoms with Gasteiger partial charge in [-0.1, -0.05) is 26.0 Å². The van der Waals surface area contributed by atoms with Crippen molar-refractivity contribution >= 4 is 11.5 Å². The zero-order valence-electron chi connectivity index (χ0n) is 18.2. The molecule has 1 heterocycles. The number of allylic oxidation sites excluding steroid dienone is 2. The number of ether oxygens (including phenoxy) is 1. The van der Waals surface area contributed by atoms with Gasteiger partial charge in [-0.25, -0.2) is 0 Å². The van der Waals surface area contributed by atoms with E-state index >= 15 is 0 Å². The van der Waals surface area contributed by atoms with Crippen LogP contribution in [0.25, 0.3) is 5.57 Å². The van der Waals surface area contributed by atoms with Crippen molar-refractivity contribution in [1.82, 2.24) is 4.98 Å². The van der Waals surface area contributed by atoms with Crippen LogP contribution in [0.1, 0.15) is 77.7 Å². The number of rotatable bonds is 2. The Balaban J connectivity index is 1.37. The largest absolute Gasteiger partial charge is 0.463 e. The summed E-state index contributed by atoms with van der Waals surface area (Å²) in [6, 6.07) is 4.32. The molecule has 0 aliphatic heterocycles. The summed E-state index contributed by atoms with van der Waals surface area (Å²) >= 11 is 0. The predicted octanol–water partition coefficient (Wildman–Crippen LogP) is 6.05. The number of carbonyl (C=O) groups excluding carboxylic acids is 1. The number of hydrogen-bond donors (Lipinski definition) is 0. The first-order valence-corrected chi connectivity index (χ1v) is 11.7. The Kier molecular flexibility index (Phi) is 4.64. The van der Waals surface area contributed by atoms with E-state index in [1.54, 1.807) is 12.5 Å². The van der Waals surface area contributed by atoms with E-state index in [1.807, 2.05) is 6.20 Å². The molecular formula is C26H35NO2. The smallest absolute Gasteiger partial charge is 0.302 e. The Labute approximate surface area is 175 Å². The van der Waals surface area contributed by atoms with Crippen molar-refractivity contribution in [2.45, 2.75) is 78.2 Å². The number of esters is 1. The monoisotopic (exact) mass is 393 g/mol. The standard InChI is InChI=1S/C26H35NO2/c1-17(28)29-20-10-12-25(2)19(15-20)6-7-21-23-9-8-22(18-5-4-14-27-16-18)26(23,3)13-11-24(21)25/h4-5,8,14,16,19-21,23-24H,6-7,9-13,15H2,1-3H3/t19?,20-,21-,23-,24-,25-,26+/m0/s1. The van der Waals surface area contributed by atoms with Crippen LogP contribution in [0.5, 0.6) is 0 Å². The topological polar surface area (TPSA) is 39.2 Å². The van der Waals surface area contributed by atoms with Crippen molar-refractivity contribution in [2.24, 2.45) is 34.5 Å². The van der Waals surface area contributed by atoms with E-state index in [2.05, 4.69) is 43.2 Å². The first-order chi connectivity index (χ1) is 13.9. The minimum Gasteiger partial charge on any atom is -0.463 e. The maximum Gasteiger partial charge on any atom is 0.302 e. The summed E-state index contributed by atoms with van der Waals surface area (Å²) in [5, 5.41) is 0. The van der Waals surface area contributed by atoms with E-state index in [-0.39, 0.29) is 12.1 Å². The van der Waals surface area contributed by atoms with Gasteiger partial charge in [-0.05, 0) is 103 Å². The second-order valence-corrected chi connectivity index (χ2v) is 10.7. The molecule has 0 aromatic carbocycles. The summed E-state index contributed by atoms with van der Waals surface area (Å²) in [6.07, 6.45) is 16.5. The highest BCUT2D eigenvalue weighted by Gasteiger charge is 2.58. The highest BCUT2D eigenvalue weighted by Crippen LogP contribution is 2.67. The molecule has 3 heteroatoms. The molecule has 1 aromatic heterocycles. The minimum atomic E-state index is -0.110. The second kappa shape index (κ2) is 6.96. The average molecular weight is 394 g/mol. The average Bonchev–Trinajstić information content (AvgIpc) is 3.06. The number of hydrogen-bond acceptors (Lipinski definition) is 3. The van der Waals surface area contributed by atoms with Crippen molar-refractivity contribution in [3.63, 3.8) is 0 Å². The van der Waals surface area contributed by atoms with Gasteiger partial charge in [-0.3, -0.25) is 9.78 Å². The molecule has 3 saturated carbocycles. The number of pyridine rings is 1. The summed E-state index contributed by atoms with van der Waals surface area (Å²) < 4.78 is 5.62. The van der Waals surface area contributed by atoms with E-state index in [9.17, 15) is 4.79 Å². The lowest BCUT2D eigenvalue weighted by Crippen LogP contribution is -2.53. The van der Waals surface area contributed by atoms with E-state index in [0.29, 0.717) is 10.8 Å². The molecule has 0 N–H and O–H groups in total. The van der Waals surface area contributed by atoms with Crippen LogP contribution in [0.15, 0.2) is 30.6 Å². The molecule has 29 heavy (non-hydrogen) atoms. The van der Waals surface area contributed by atoms with Crippen LogP contribution in [0.3, 0.4) is 0 Å². The highest BCUT2D eigenvalue weighted by molar-refractivity contribution is 5.72. The van der Waals surface area contributed by atoms with Gasteiger partial charge in [0.25, 0.3) is 0 Å². The number of nitrogens with zero attached hydrogens (tertiary/aromatic N) is 1. The number of fused-ring (bicyclic) bond motifs is 5. The summed E-state index contributed by atoms with van der Waals surface area (Å²) in [7, 11) is 0. The van der Waals surface area contributed by atoms with Gasteiger partial charge in [0.05, 0.1) is 0 Å². The zero-order chi connectivity index (χ0) is 20.2. The number of carbonyl (C=O) groups is 1. The van der Waals surface area contributed by atoms with Gasteiger partial charge in [-0.2, -0.15) is 0 Å². The summed E-state index contributed by atoms with van der Waals surface area (Å²) in [4.78, 5) is 15.9. The molecule has 0 spiro atoms. The normalized spacial score (nSPS) is 43.6. The second-order valence-electron chi connectivity index (χ2n) is 10.7. The van der Waals surface area contributed by atoms with Crippen LogP contribution in [0.4, 0.5) is 0 Å². The maximum absolute atomic E-state index is 11.5. The van der Waals surface area contributed by atoms with Crippen molar-refractivity contribution in [1.29, 1.82) is 0 Å². The zero-order valence-corrected chi connectivity index (χ0v) is 18.2. The molecule has 0 saturated heterocycles. The quantitative estimate of drug-likeness (QED) is 0.574. The van der Waals surface area contributed by atoms with Gasteiger partial charge >= 0.3 is 5.97 Å². The molecule has 3 fully saturated rings. The summed E-state index contributed by atoms with van der Waals surface area (Å²) in [5.74, 6) is 3.06. The van der Waals surface area contributed by atoms with Gasteiger partial charge in [-0.15, -0.1) is 0 Å². The minimum absolute atomic E-state index is 0.110. The Bertz CT molecular complexity index is 817. The van der Waals surface area contributed by atoms with Gasteiger partial charge in [0, 0.05) is 19.3 Å². The Morgan fingerprint density at radius 2 is 2.00 bits per heavy atom. The van der Waals surface area contributed by atoms with Crippen LogP contribution in [0.2, 0.25) is 0 Å². The number of aromatic nitrogens is 1. The van der Waals surface area contributed by atoms with Crippen LogP contribution >= 0.6 is 0 Å². The lowest BCUT2D eigenvalue weighted by molar-refractivity contribution is -0.158. The lowest BCUT2D eigenvalue weighted by atomic mass is 9.44. The molecule has 0 radical (unpaired) electrons. The van der Waals surface area contributed by atoms with Crippen LogP contribution < -0.4 is 0 Å². The third kappa shape index (κ3) is 2.99. The molecular weight excluding hydrogens is 358 g/mol. The van der Waals surface area contributed by atoms with Gasteiger partial charge in [0.2, 0.25) is 0 Å². The van der Waals surface area contributed by atoms with E-state index in [0.717, 1.165) is 36.5 Å². The van der Waals surface area contributed by atoms with Crippen molar-refractivity contribution in [3.8, 4) is 0 Å². The van der Waals surface area contributed by atoms with E-state index in [1.165, 1.54) is 44.1 Å². The van der Waals surface area contributed by atoms with Crippen LogP contribution in [-0.2, 0) is 9.53 Å². The molecule has 4 aliphatic rings. The summed E-state index contributed by atoms with van der Waals surface area (Å²) in [6.45, 7) is 6.66. The fourth-order valence-corrected chi connectivity index (χ4v) is 8.10. The fraction of sp³-hybridized carbons (Fsp3) is 0.692. The van der Waals surface area contributed by atoms with Gasteiger partial charge in [0.15, 0.2) is 0 Å². The molecule has 156 valence electrons. The van der Waals surface area contributed by atoms with E-state index in [4.69, 9.17) is 4.74 Å². The molecule has 0 amide bonds. The first kappa shape index (κ1) is 19.3. The first-order valence-electron chi connectivity index (χ1n) is 11.7. The SMILES string of the molecule is CC(=O)O[C@H]1CC[C@@]2(C)C(CC[C@@H]3[C@@H]2CC[C@]2(C)C(c4cccnc4)=CC[C@@H]32)C1. The molecule has 5 rings (SSSR count). The lowest BCUT2D eigenvalue weighted by Gasteiger charge is -2.60. The summed E-state index contributed by atoms with van der Waals surface area (Å²) in [5.41, 5.74) is 3.62. The molecule has 1 aromatic rings. The van der Waals surface area contributed by atoms with E-state index < -0.39 is 0 Å². The van der Waals surface area contributed by atoms with Crippen LogP contribution in [0, 0.1) is 34.5 Å². The highest BCUT2D eigenvalue weighted by atomic mass is 16.5. The molecule has 1 unspecified atom stereocenters. The van der Waals surface area contributed by atoms with Crippen molar-refractivity contribution < 1.29 is 9.53 Å².